The maximum absolute atomic E-state index is 12.8. The van der Waals surface area contributed by atoms with Gasteiger partial charge in [-0.3, -0.25) is 0 Å². The summed E-state index contributed by atoms with van der Waals surface area (Å²) in [4.78, 5) is 5.78. The van der Waals surface area contributed by atoms with Gasteiger partial charge in [-0.2, -0.15) is 17.7 Å². The Morgan fingerprint density at radius 3 is 2.47 bits per heavy atom. The molecule has 1 fully saturated rings. The zero-order valence-electron chi connectivity index (χ0n) is 17.0. The molecule has 4 rings (SSSR count). The normalized spacial score (nSPS) is 16.2. The number of alkyl halides is 2. The van der Waals surface area contributed by atoms with Gasteiger partial charge in [-0.15, -0.1) is 6.54 Å². The number of hydrogen-bond acceptors (Lipinski definition) is 6. The van der Waals surface area contributed by atoms with E-state index in [1.807, 2.05) is 0 Å². The first-order valence-corrected chi connectivity index (χ1v) is 10.4. The first-order chi connectivity index (χ1) is 14.9. The zero-order valence-corrected chi connectivity index (χ0v) is 20.7. The predicted octanol–water partition coefficient (Wildman–Crippen LogP) is 5.63. The summed E-state index contributed by atoms with van der Waals surface area (Å²) in [6.07, 6.45) is 1.25. The largest absolute Gasteiger partial charge is 0.676 e. The van der Waals surface area contributed by atoms with Crippen LogP contribution in [0.25, 0.3) is 17.1 Å². The topological polar surface area (TPSA) is 86.2 Å². The molecule has 2 aromatic carbocycles. The monoisotopic (exact) mass is 635 g/mol. The van der Waals surface area contributed by atoms with Crippen LogP contribution in [-0.2, 0) is 26.3 Å². The smallest absolute Gasteiger partial charge is 0.399 e. The molecule has 0 aliphatic carbocycles. The van der Waals surface area contributed by atoms with Gasteiger partial charge in [0, 0.05) is 33.2 Å². The molecular formula is C21H22F3N4O2SW-. The number of rotatable bonds is 6. The molecule has 0 radical (unpaired) electrons. The van der Waals surface area contributed by atoms with E-state index in [4.69, 9.17) is 10.8 Å². The average molecular weight is 635 g/mol. The van der Waals surface area contributed by atoms with Crippen molar-refractivity contribution in [2.24, 2.45) is 0 Å². The summed E-state index contributed by atoms with van der Waals surface area (Å²) in [7, 11) is 0. The Bertz CT molecular complexity index is 948. The first kappa shape index (κ1) is 26.4. The van der Waals surface area contributed by atoms with Gasteiger partial charge in [0.05, 0.1) is 0 Å². The standard InChI is InChI=1S/C12H17N2.C9H5F3N2O2S.W/c13-7-9-14-8-6-12(10-14)11-4-2-1-3-5-11;10-9(11,17-12)8-13-7(14-16-8)5-1-3-6(15)4-2-5;/h1-5,12-13H,6-10H2;1-4,15H;/q-1;;. The second-order valence-electron chi connectivity index (χ2n) is 7.01. The molecule has 1 saturated heterocycles. The molecule has 2 heterocycles. The Morgan fingerprint density at radius 1 is 1.16 bits per heavy atom. The number of hydrogen-bond donors (Lipinski definition) is 1. The second-order valence-corrected chi connectivity index (χ2v) is 7.68. The van der Waals surface area contributed by atoms with Crippen molar-refractivity contribution in [3.05, 3.63) is 71.8 Å². The van der Waals surface area contributed by atoms with Crippen LogP contribution in [-0.4, -0.2) is 46.3 Å². The third-order valence-electron chi connectivity index (χ3n) is 4.87. The van der Waals surface area contributed by atoms with Gasteiger partial charge in [0.1, 0.15) is 17.9 Å². The minimum Gasteiger partial charge on any atom is -0.676 e. The third kappa shape index (κ3) is 7.07. The Kier molecular flexibility index (Phi) is 10.2. The molecule has 1 aliphatic rings. The summed E-state index contributed by atoms with van der Waals surface area (Å²) < 4.78 is 41.9. The van der Waals surface area contributed by atoms with E-state index in [9.17, 15) is 12.7 Å². The van der Waals surface area contributed by atoms with Crippen LogP contribution in [0.3, 0.4) is 0 Å². The number of likely N-dealkylation sites (tertiary alicyclic amines) is 1. The van der Waals surface area contributed by atoms with Gasteiger partial charge in [0.15, 0.2) is 0 Å². The van der Waals surface area contributed by atoms with E-state index < -0.39 is 23.3 Å². The zero-order chi connectivity index (χ0) is 22.3. The van der Waals surface area contributed by atoms with Gasteiger partial charge in [-0.25, -0.2) is 0 Å². The van der Waals surface area contributed by atoms with E-state index in [0.717, 1.165) is 13.1 Å². The molecule has 1 aromatic heterocycles. The molecular weight excluding hydrogens is 613 g/mol. The number of nitrogens with one attached hydrogen (secondary N) is 1. The van der Waals surface area contributed by atoms with Crippen LogP contribution in [0.15, 0.2) is 59.1 Å². The summed E-state index contributed by atoms with van der Waals surface area (Å²) in [5.41, 5.74) is 9.03. The van der Waals surface area contributed by atoms with Crippen molar-refractivity contribution in [3.63, 3.8) is 0 Å². The number of halogens is 3. The van der Waals surface area contributed by atoms with Crippen molar-refractivity contribution in [2.75, 3.05) is 26.2 Å². The number of phenols is 1. The summed E-state index contributed by atoms with van der Waals surface area (Å²) >= 11 is -1.18. The Labute approximate surface area is 202 Å². The van der Waals surface area contributed by atoms with E-state index in [2.05, 4.69) is 49.9 Å². The van der Waals surface area contributed by atoms with Crippen LogP contribution < -0.4 is 0 Å². The van der Waals surface area contributed by atoms with Crippen molar-refractivity contribution in [3.8, 4) is 17.1 Å². The van der Waals surface area contributed by atoms with Crippen molar-refractivity contribution >= 4 is 12.1 Å². The first-order valence-electron chi connectivity index (χ1n) is 9.66. The molecule has 0 bridgehead atoms. The van der Waals surface area contributed by atoms with Crippen LogP contribution in [0.4, 0.5) is 12.7 Å². The van der Waals surface area contributed by atoms with Gasteiger partial charge in [0.2, 0.25) is 5.82 Å². The second kappa shape index (κ2) is 12.4. The number of aromatic nitrogens is 2. The SMILES string of the molecule is Oc1ccc(-c2noc(C(F)(F)SF)n2)cc1.[NH-]CCN1CCC(c2ccccc2)C1.[W]. The van der Waals surface area contributed by atoms with Crippen LogP contribution in [0.1, 0.15) is 23.8 Å². The fourth-order valence-electron chi connectivity index (χ4n) is 3.29. The molecule has 11 heteroatoms. The van der Waals surface area contributed by atoms with Crippen LogP contribution in [0, 0.1) is 0 Å². The summed E-state index contributed by atoms with van der Waals surface area (Å²) in [5.74, 6) is -0.494. The summed E-state index contributed by atoms with van der Waals surface area (Å²) in [5, 5.41) is 8.48. The molecule has 3 aromatic rings. The van der Waals surface area contributed by atoms with E-state index >= 15 is 0 Å². The van der Waals surface area contributed by atoms with Crippen molar-refractivity contribution < 1.29 is 43.4 Å². The van der Waals surface area contributed by atoms with Gasteiger partial charge < -0.3 is 20.3 Å². The maximum atomic E-state index is 12.8. The van der Waals surface area contributed by atoms with Gasteiger partial charge >= 0.3 is 11.1 Å². The van der Waals surface area contributed by atoms with Gasteiger partial charge in [-0.1, -0.05) is 35.5 Å². The quantitative estimate of drug-likeness (QED) is 0.378. The maximum Gasteiger partial charge on any atom is 0.399 e. The van der Waals surface area contributed by atoms with Crippen LogP contribution in [0.2, 0.25) is 0 Å². The van der Waals surface area contributed by atoms with Crippen molar-refractivity contribution in [1.82, 2.24) is 15.0 Å². The number of nitrogens with zero attached hydrogens (tertiary/aromatic N) is 3. The molecule has 0 spiro atoms. The van der Waals surface area contributed by atoms with Gasteiger partial charge in [0.25, 0.3) is 0 Å². The third-order valence-corrected chi connectivity index (χ3v) is 5.24. The molecule has 1 atom stereocenters. The van der Waals surface area contributed by atoms with Crippen molar-refractivity contribution in [2.45, 2.75) is 17.6 Å². The molecule has 1 aliphatic heterocycles. The Balaban J connectivity index is 0.000000224. The summed E-state index contributed by atoms with van der Waals surface area (Å²) in [6, 6.07) is 16.3. The van der Waals surface area contributed by atoms with Crippen LogP contribution in [0.5, 0.6) is 5.75 Å². The molecule has 2 N–H and O–H groups in total. The van der Waals surface area contributed by atoms with E-state index in [1.165, 1.54) is 42.8 Å². The number of phenolic OH excluding ortho intramolecular Hbond substituents is 1. The van der Waals surface area contributed by atoms with E-state index in [-0.39, 0.29) is 32.6 Å². The van der Waals surface area contributed by atoms with Gasteiger partial charge in [-0.05, 0) is 55.3 Å². The molecule has 0 amide bonds. The van der Waals surface area contributed by atoms with Crippen molar-refractivity contribution in [1.29, 1.82) is 0 Å². The minimum absolute atomic E-state index is 0. The number of aromatic hydroxyl groups is 1. The Hall–Kier alpha value is -1.87. The molecule has 0 saturated carbocycles. The van der Waals surface area contributed by atoms with E-state index in [1.54, 1.807) is 0 Å². The molecule has 1 unspecified atom stereocenters. The average Bonchev–Trinajstić information content (AvgIpc) is 3.46. The van der Waals surface area contributed by atoms with Crippen LogP contribution >= 0.6 is 12.1 Å². The Morgan fingerprint density at radius 2 is 1.84 bits per heavy atom. The fourth-order valence-corrected chi connectivity index (χ4v) is 3.44. The minimum atomic E-state index is -3.86. The summed E-state index contributed by atoms with van der Waals surface area (Å²) in [6.45, 7) is 3.77. The molecule has 32 heavy (non-hydrogen) atoms. The molecule has 6 nitrogen and oxygen atoms in total. The molecule has 172 valence electrons. The van der Waals surface area contributed by atoms with E-state index in [0.29, 0.717) is 18.0 Å². The predicted molar refractivity (Wildman–Crippen MR) is 113 cm³/mol. The number of benzene rings is 2. The fraction of sp³-hybridized carbons (Fsp3) is 0.333.